The van der Waals surface area contributed by atoms with Crippen molar-refractivity contribution in [3.05, 3.63) is 61.2 Å². The number of amides is 2. The summed E-state index contributed by atoms with van der Waals surface area (Å²) in [4.78, 5) is 46.2. The van der Waals surface area contributed by atoms with Crippen molar-refractivity contribution in [2.45, 2.75) is 85.3 Å². The Morgan fingerprint density at radius 3 is 2.63 bits per heavy atom. The largest absolute Gasteiger partial charge is 0.465 e. The summed E-state index contributed by atoms with van der Waals surface area (Å²) in [7, 11) is 0. The van der Waals surface area contributed by atoms with Gasteiger partial charge in [-0.15, -0.1) is 24.9 Å². The van der Waals surface area contributed by atoms with E-state index in [4.69, 9.17) is 4.74 Å². The van der Waals surface area contributed by atoms with E-state index < -0.39 is 28.7 Å². The number of nitrogens with zero attached hydrogens (tertiary/aromatic N) is 2. The van der Waals surface area contributed by atoms with Crippen LogP contribution in [-0.2, 0) is 19.1 Å². The number of likely N-dealkylation sites (tertiary alicyclic amines) is 1. The number of aliphatic hydroxyl groups excluding tert-OH is 1. The third kappa shape index (κ3) is 5.91. The van der Waals surface area contributed by atoms with Crippen LogP contribution in [0.5, 0.6) is 0 Å². The molecule has 3 fully saturated rings. The van der Waals surface area contributed by atoms with Gasteiger partial charge in [0.15, 0.2) is 0 Å². The van der Waals surface area contributed by atoms with Crippen molar-refractivity contribution < 1.29 is 24.2 Å². The Labute approximate surface area is 256 Å². The number of allylic oxidation sites excluding steroid dienone is 1. The SMILES string of the molecule is C=CCCCCOC(=O)[C@H]1[C@@H]2SC3(CC2Br)C(C(=O)N(CC=C)C(C)CCC)N([C@H](CO)c2ccccc2)C(=O)[C@H]13. The second kappa shape index (κ2) is 13.9. The quantitative estimate of drug-likeness (QED) is 0.121. The summed E-state index contributed by atoms with van der Waals surface area (Å²) in [6.07, 6.45) is 8.32. The molecule has 4 rings (SSSR count). The number of benzene rings is 1. The number of carbonyl (C=O) groups is 3. The van der Waals surface area contributed by atoms with Crippen LogP contribution in [0.2, 0.25) is 0 Å². The van der Waals surface area contributed by atoms with Crippen LogP contribution in [0.15, 0.2) is 55.6 Å². The Balaban J connectivity index is 1.76. The predicted octanol–water partition coefficient (Wildman–Crippen LogP) is 5.29. The Kier molecular flexibility index (Phi) is 10.8. The lowest BCUT2D eigenvalue weighted by Crippen LogP contribution is -2.57. The number of hydrogen-bond acceptors (Lipinski definition) is 6. The topological polar surface area (TPSA) is 87.2 Å². The molecule has 3 aliphatic rings. The lowest BCUT2D eigenvalue weighted by Gasteiger charge is -2.41. The van der Waals surface area contributed by atoms with Gasteiger partial charge in [-0.05, 0) is 44.6 Å². The minimum atomic E-state index is -0.836. The van der Waals surface area contributed by atoms with E-state index in [2.05, 4.69) is 36.0 Å². The maximum absolute atomic E-state index is 14.7. The molecule has 0 aromatic heterocycles. The molecule has 0 aliphatic carbocycles. The average molecular weight is 648 g/mol. The first-order chi connectivity index (χ1) is 19.8. The van der Waals surface area contributed by atoms with Crippen molar-refractivity contribution in [2.75, 3.05) is 19.8 Å². The summed E-state index contributed by atoms with van der Waals surface area (Å²) in [6, 6.07) is 7.75. The van der Waals surface area contributed by atoms with E-state index in [9.17, 15) is 19.5 Å². The highest BCUT2D eigenvalue weighted by Crippen LogP contribution is 2.68. The van der Waals surface area contributed by atoms with E-state index in [0.29, 0.717) is 19.6 Å². The fourth-order valence-electron chi connectivity index (χ4n) is 7.00. The van der Waals surface area contributed by atoms with E-state index in [1.54, 1.807) is 22.7 Å². The van der Waals surface area contributed by atoms with Gasteiger partial charge in [-0.25, -0.2) is 0 Å². The van der Waals surface area contributed by atoms with Crippen molar-refractivity contribution in [3.8, 4) is 0 Å². The number of aliphatic hydroxyl groups is 1. The standard InChI is InChI=1S/C32H43BrN2O5S/c1-5-8-9-13-18-40-31(39)25-26-29(37)35(24(20-36)22-15-11-10-12-16-22)28(32(26)19-23(33)27(25)41-32)30(38)34(17-7-3)21(4)14-6-2/h5,7,10-12,15-16,21,23-28,36H,1,3,6,8-9,13-14,17-20H2,2,4H3/t21?,23?,24-,25-,26+,27-,28?,32?/m1/s1. The molecule has 1 N–H and O–H groups in total. The smallest absolute Gasteiger partial charge is 0.310 e. The van der Waals surface area contributed by atoms with Crippen molar-refractivity contribution in [2.24, 2.45) is 11.8 Å². The fraction of sp³-hybridized carbons (Fsp3) is 0.594. The highest BCUT2D eigenvalue weighted by Gasteiger charge is 2.76. The van der Waals surface area contributed by atoms with Crippen molar-refractivity contribution in [1.82, 2.24) is 9.80 Å². The third-order valence-electron chi connectivity index (χ3n) is 8.82. The first-order valence-electron chi connectivity index (χ1n) is 14.8. The van der Waals surface area contributed by atoms with Gasteiger partial charge in [0.25, 0.3) is 0 Å². The molecular weight excluding hydrogens is 604 g/mol. The minimum Gasteiger partial charge on any atom is -0.465 e. The molecule has 8 atom stereocenters. The molecule has 2 bridgehead atoms. The van der Waals surface area contributed by atoms with Crippen LogP contribution < -0.4 is 0 Å². The number of unbranched alkanes of at least 4 members (excludes halogenated alkanes) is 2. The number of thioether (sulfide) groups is 1. The van der Waals surface area contributed by atoms with Gasteiger partial charge in [0.05, 0.1) is 35.8 Å². The van der Waals surface area contributed by atoms with Gasteiger partial charge in [0.1, 0.15) is 6.04 Å². The zero-order chi connectivity index (χ0) is 29.7. The Morgan fingerprint density at radius 2 is 2.00 bits per heavy atom. The van der Waals surface area contributed by atoms with Crippen LogP contribution in [0.25, 0.3) is 0 Å². The molecule has 7 nitrogen and oxygen atoms in total. The van der Waals surface area contributed by atoms with Gasteiger partial charge in [0.2, 0.25) is 11.8 Å². The van der Waals surface area contributed by atoms with Gasteiger partial charge < -0.3 is 19.6 Å². The number of rotatable bonds is 15. The van der Waals surface area contributed by atoms with Crippen LogP contribution in [0.4, 0.5) is 0 Å². The summed E-state index contributed by atoms with van der Waals surface area (Å²) in [5.41, 5.74) is 0.755. The molecule has 4 unspecified atom stereocenters. The zero-order valence-corrected chi connectivity index (χ0v) is 26.5. The average Bonchev–Trinajstić information content (AvgIpc) is 3.56. The number of hydrogen-bond donors (Lipinski definition) is 1. The molecule has 0 radical (unpaired) electrons. The highest BCUT2D eigenvalue weighted by atomic mass is 79.9. The molecule has 41 heavy (non-hydrogen) atoms. The van der Waals surface area contributed by atoms with Crippen LogP contribution in [0.1, 0.15) is 64.0 Å². The van der Waals surface area contributed by atoms with E-state index in [1.165, 1.54) is 0 Å². The number of alkyl halides is 1. The normalized spacial score (nSPS) is 29.6. The monoisotopic (exact) mass is 646 g/mol. The van der Waals surface area contributed by atoms with Gasteiger partial charge in [0, 0.05) is 22.7 Å². The summed E-state index contributed by atoms with van der Waals surface area (Å²) in [6.45, 7) is 12.1. The van der Waals surface area contributed by atoms with Crippen LogP contribution >= 0.6 is 27.7 Å². The summed E-state index contributed by atoms with van der Waals surface area (Å²) >= 11 is 5.41. The summed E-state index contributed by atoms with van der Waals surface area (Å²) in [5.74, 6) is -2.15. The molecule has 224 valence electrons. The van der Waals surface area contributed by atoms with Crippen LogP contribution in [0.3, 0.4) is 0 Å². The molecule has 2 amide bonds. The van der Waals surface area contributed by atoms with Gasteiger partial charge in [-0.2, -0.15) is 0 Å². The predicted molar refractivity (Wildman–Crippen MR) is 167 cm³/mol. The summed E-state index contributed by atoms with van der Waals surface area (Å²) < 4.78 is 4.94. The fourth-order valence-corrected chi connectivity index (χ4v) is 10.6. The number of ether oxygens (including phenoxy) is 1. The second-order valence-corrected chi connectivity index (χ2v) is 14.1. The van der Waals surface area contributed by atoms with Gasteiger partial charge in [-0.3, -0.25) is 14.4 Å². The highest BCUT2D eigenvalue weighted by molar-refractivity contribution is 9.09. The van der Waals surface area contributed by atoms with Gasteiger partial charge >= 0.3 is 5.97 Å². The molecule has 1 spiro atoms. The molecule has 3 saturated heterocycles. The number of carbonyl (C=O) groups excluding carboxylic acids is 3. The molecule has 1 aromatic carbocycles. The third-order valence-corrected chi connectivity index (χ3v) is 12.0. The Morgan fingerprint density at radius 1 is 1.27 bits per heavy atom. The zero-order valence-electron chi connectivity index (χ0n) is 24.1. The molecule has 1 aromatic rings. The summed E-state index contributed by atoms with van der Waals surface area (Å²) in [5, 5.41) is 10.5. The van der Waals surface area contributed by atoms with E-state index in [1.807, 2.05) is 48.2 Å². The Bertz CT molecular complexity index is 1120. The molecule has 3 aliphatic heterocycles. The first-order valence-corrected chi connectivity index (χ1v) is 16.6. The molecule has 3 heterocycles. The van der Waals surface area contributed by atoms with Crippen LogP contribution in [0, 0.1) is 11.8 Å². The molecular formula is C32H43BrN2O5S. The first kappa shape index (κ1) is 31.8. The lowest BCUT2D eigenvalue weighted by molar-refractivity contribution is -0.154. The van der Waals surface area contributed by atoms with Crippen LogP contribution in [-0.4, -0.2) is 79.4 Å². The molecule has 0 saturated carbocycles. The van der Waals surface area contributed by atoms with Gasteiger partial charge in [-0.1, -0.05) is 71.8 Å². The maximum atomic E-state index is 14.7. The van der Waals surface area contributed by atoms with E-state index >= 15 is 0 Å². The molecule has 9 heteroatoms. The number of fused-ring (bicyclic) bond motifs is 1. The number of esters is 1. The van der Waals surface area contributed by atoms with Crippen molar-refractivity contribution in [3.63, 3.8) is 0 Å². The van der Waals surface area contributed by atoms with E-state index in [0.717, 1.165) is 37.7 Å². The van der Waals surface area contributed by atoms with E-state index in [-0.39, 0.29) is 40.5 Å². The minimum absolute atomic E-state index is 0.0460. The maximum Gasteiger partial charge on any atom is 0.310 e. The Hall–Kier alpha value is -2.10. The van der Waals surface area contributed by atoms with Crippen molar-refractivity contribution in [1.29, 1.82) is 0 Å². The van der Waals surface area contributed by atoms with Crippen molar-refractivity contribution >= 4 is 45.5 Å². The number of halogens is 1. The lowest BCUT2D eigenvalue weighted by atomic mass is 9.71. The second-order valence-electron chi connectivity index (χ2n) is 11.4.